The number of hydrogen-bond acceptors (Lipinski definition) is 5. The minimum Gasteiger partial charge on any atom is -0.419 e. The zero-order chi connectivity index (χ0) is 21.1. The fraction of sp³-hybridized carbons (Fsp3) is 0.0909. The van der Waals surface area contributed by atoms with Crippen LogP contribution in [-0.4, -0.2) is 18.6 Å². The van der Waals surface area contributed by atoms with Gasteiger partial charge >= 0.3 is 0 Å². The van der Waals surface area contributed by atoms with Crippen molar-refractivity contribution in [3.63, 3.8) is 0 Å². The lowest BCUT2D eigenvalue weighted by atomic mass is 10.1. The van der Waals surface area contributed by atoms with E-state index < -0.39 is 16.1 Å². The van der Waals surface area contributed by atoms with Crippen molar-refractivity contribution in [1.82, 2.24) is 14.9 Å². The summed E-state index contributed by atoms with van der Waals surface area (Å²) in [4.78, 5) is 0.148. The van der Waals surface area contributed by atoms with E-state index in [1.807, 2.05) is 37.3 Å². The summed E-state index contributed by atoms with van der Waals surface area (Å²) in [6.07, 6.45) is 0. The Hall–Kier alpha value is -3.00. The topological polar surface area (TPSA) is 85.1 Å². The van der Waals surface area contributed by atoms with Gasteiger partial charge in [-0.05, 0) is 48.9 Å². The van der Waals surface area contributed by atoms with E-state index in [-0.39, 0.29) is 10.8 Å². The average molecular weight is 440 g/mol. The van der Waals surface area contributed by atoms with Gasteiger partial charge in [-0.15, -0.1) is 10.2 Å². The average Bonchev–Trinajstić information content (AvgIpc) is 3.24. The molecule has 0 aliphatic heterocycles. The number of benzene rings is 3. The van der Waals surface area contributed by atoms with Crippen molar-refractivity contribution in [2.75, 3.05) is 0 Å². The third-order valence-corrected chi connectivity index (χ3v) is 6.21. The molecule has 4 rings (SSSR count). The predicted octanol–water partition coefficient (Wildman–Crippen LogP) is 4.77. The quantitative estimate of drug-likeness (QED) is 0.468. The van der Waals surface area contributed by atoms with Crippen LogP contribution in [0.15, 0.2) is 88.2 Å². The van der Waals surface area contributed by atoms with Gasteiger partial charge in [0.1, 0.15) is 6.04 Å². The molecule has 0 saturated carbocycles. The summed E-state index contributed by atoms with van der Waals surface area (Å²) in [5.41, 5.74) is 2.33. The standard InChI is InChI=1S/C22H18ClN3O3S/c1-15-7-13-19(14-8-15)30(27,28)26-20(16-9-11-18(23)12-10-16)22-25-24-21(29-22)17-5-3-2-4-6-17/h2-14,20,26H,1H3/t20-/m1/s1. The van der Waals surface area contributed by atoms with Crippen LogP contribution in [0.2, 0.25) is 5.02 Å². The number of aryl methyl sites for hydroxylation is 1. The zero-order valence-electron chi connectivity index (χ0n) is 16.0. The largest absolute Gasteiger partial charge is 0.419 e. The third-order valence-electron chi connectivity index (χ3n) is 4.52. The molecule has 1 N–H and O–H groups in total. The maximum absolute atomic E-state index is 13.0. The number of halogens is 1. The van der Waals surface area contributed by atoms with Gasteiger partial charge in [-0.2, -0.15) is 4.72 Å². The maximum Gasteiger partial charge on any atom is 0.247 e. The Morgan fingerprint density at radius 1 is 0.900 bits per heavy atom. The molecule has 0 saturated heterocycles. The van der Waals surface area contributed by atoms with Crippen molar-refractivity contribution in [1.29, 1.82) is 0 Å². The van der Waals surface area contributed by atoms with E-state index in [1.54, 1.807) is 48.5 Å². The minimum atomic E-state index is -3.85. The van der Waals surface area contributed by atoms with Crippen LogP contribution in [0, 0.1) is 6.92 Å². The molecule has 1 atom stereocenters. The Morgan fingerprint density at radius 2 is 1.57 bits per heavy atom. The van der Waals surface area contributed by atoms with Crippen LogP contribution in [0.1, 0.15) is 23.1 Å². The summed E-state index contributed by atoms with van der Waals surface area (Å²) in [5.74, 6) is 0.436. The van der Waals surface area contributed by atoms with Crippen LogP contribution in [0.3, 0.4) is 0 Å². The molecule has 4 aromatic rings. The monoisotopic (exact) mass is 439 g/mol. The number of rotatable bonds is 6. The molecule has 1 heterocycles. The van der Waals surface area contributed by atoms with Crippen molar-refractivity contribution in [2.45, 2.75) is 17.9 Å². The van der Waals surface area contributed by atoms with Crippen LogP contribution < -0.4 is 4.72 Å². The van der Waals surface area contributed by atoms with Crippen LogP contribution in [0.5, 0.6) is 0 Å². The minimum absolute atomic E-state index is 0.131. The molecular formula is C22H18ClN3O3S. The summed E-state index contributed by atoms with van der Waals surface area (Å²) in [6.45, 7) is 1.89. The first-order valence-corrected chi connectivity index (χ1v) is 11.0. The number of sulfonamides is 1. The molecule has 0 aliphatic carbocycles. The number of hydrogen-bond donors (Lipinski definition) is 1. The van der Waals surface area contributed by atoms with Crippen molar-refractivity contribution < 1.29 is 12.8 Å². The molecule has 152 valence electrons. The van der Waals surface area contributed by atoms with E-state index in [4.69, 9.17) is 16.0 Å². The van der Waals surface area contributed by atoms with Crippen molar-refractivity contribution in [3.05, 3.63) is 101 Å². The highest BCUT2D eigenvalue weighted by Crippen LogP contribution is 2.27. The third kappa shape index (κ3) is 4.43. The number of aromatic nitrogens is 2. The summed E-state index contributed by atoms with van der Waals surface area (Å²) in [5, 5.41) is 8.73. The molecule has 0 fully saturated rings. The SMILES string of the molecule is Cc1ccc(S(=O)(=O)N[C@H](c2ccc(Cl)cc2)c2nnc(-c3ccccc3)o2)cc1. The van der Waals surface area contributed by atoms with Gasteiger partial charge in [0, 0.05) is 10.6 Å². The molecule has 8 heteroatoms. The maximum atomic E-state index is 13.0. The van der Waals surface area contributed by atoms with Crippen LogP contribution in [-0.2, 0) is 10.0 Å². The second-order valence-electron chi connectivity index (χ2n) is 6.73. The van der Waals surface area contributed by atoms with Crippen LogP contribution >= 0.6 is 11.6 Å². The van der Waals surface area contributed by atoms with Gasteiger partial charge in [0.15, 0.2) is 0 Å². The number of nitrogens with zero attached hydrogens (tertiary/aromatic N) is 2. The Bertz CT molecular complexity index is 1240. The molecular weight excluding hydrogens is 422 g/mol. The zero-order valence-corrected chi connectivity index (χ0v) is 17.6. The summed E-state index contributed by atoms with van der Waals surface area (Å²) < 4.78 is 34.5. The summed E-state index contributed by atoms with van der Waals surface area (Å²) in [6, 6.07) is 21.8. The fourth-order valence-electron chi connectivity index (χ4n) is 2.91. The van der Waals surface area contributed by atoms with Gasteiger partial charge in [0.05, 0.1) is 4.90 Å². The molecule has 0 unspecified atom stereocenters. The second-order valence-corrected chi connectivity index (χ2v) is 8.88. The molecule has 6 nitrogen and oxygen atoms in total. The van der Waals surface area contributed by atoms with Gasteiger partial charge in [0.2, 0.25) is 21.8 Å². The molecule has 30 heavy (non-hydrogen) atoms. The molecule has 0 spiro atoms. The first kappa shape index (κ1) is 20.3. The highest BCUT2D eigenvalue weighted by Gasteiger charge is 2.27. The van der Waals surface area contributed by atoms with E-state index in [1.165, 1.54) is 0 Å². The predicted molar refractivity (Wildman–Crippen MR) is 115 cm³/mol. The van der Waals surface area contributed by atoms with Gasteiger partial charge in [0.25, 0.3) is 0 Å². The lowest BCUT2D eigenvalue weighted by molar-refractivity contribution is 0.464. The summed E-state index contributed by atoms with van der Waals surface area (Å²) in [7, 11) is -3.85. The first-order chi connectivity index (χ1) is 14.4. The lowest BCUT2D eigenvalue weighted by Gasteiger charge is -2.16. The first-order valence-electron chi connectivity index (χ1n) is 9.16. The summed E-state index contributed by atoms with van der Waals surface area (Å²) >= 11 is 6.00. The molecule has 0 radical (unpaired) electrons. The van der Waals surface area contributed by atoms with Gasteiger partial charge in [-0.25, -0.2) is 8.42 Å². The van der Waals surface area contributed by atoms with E-state index in [0.29, 0.717) is 16.5 Å². The Morgan fingerprint density at radius 3 is 2.23 bits per heavy atom. The van der Waals surface area contributed by atoms with Crippen LogP contribution in [0.4, 0.5) is 0 Å². The fourth-order valence-corrected chi connectivity index (χ4v) is 4.21. The number of nitrogens with one attached hydrogen (secondary N) is 1. The Balaban J connectivity index is 1.73. The molecule has 3 aromatic carbocycles. The highest BCUT2D eigenvalue weighted by atomic mass is 35.5. The highest BCUT2D eigenvalue weighted by molar-refractivity contribution is 7.89. The van der Waals surface area contributed by atoms with Gasteiger partial charge in [-0.1, -0.05) is 59.6 Å². The van der Waals surface area contributed by atoms with Crippen molar-refractivity contribution in [2.24, 2.45) is 0 Å². The molecule has 0 aliphatic rings. The lowest BCUT2D eigenvalue weighted by Crippen LogP contribution is -2.29. The normalized spacial score (nSPS) is 12.6. The van der Waals surface area contributed by atoms with E-state index in [2.05, 4.69) is 14.9 Å². The van der Waals surface area contributed by atoms with E-state index in [0.717, 1.165) is 11.1 Å². The molecule has 0 bridgehead atoms. The van der Waals surface area contributed by atoms with Crippen LogP contribution in [0.25, 0.3) is 11.5 Å². The van der Waals surface area contributed by atoms with E-state index in [9.17, 15) is 8.42 Å². The molecule has 0 amide bonds. The Kier molecular flexibility index (Phi) is 5.67. The van der Waals surface area contributed by atoms with E-state index >= 15 is 0 Å². The second kappa shape index (κ2) is 8.39. The Labute approximate surface area is 179 Å². The van der Waals surface area contributed by atoms with Crippen molar-refractivity contribution in [3.8, 4) is 11.5 Å². The smallest absolute Gasteiger partial charge is 0.247 e. The van der Waals surface area contributed by atoms with Crippen molar-refractivity contribution >= 4 is 21.6 Å². The van der Waals surface area contributed by atoms with Gasteiger partial charge < -0.3 is 4.42 Å². The molecule has 1 aromatic heterocycles. The van der Waals surface area contributed by atoms with Gasteiger partial charge in [-0.3, -0.25) is 0 Å².